The van der Waals surface area contributed by atoms with E-state index in [1.54, 1.807) is 15.8 Å². The van der Waals surface area contributed by atoms with E-state index in [-0.39, 0.29) is 29.8 Å². The molecule has 1 saturated heterocycles. The molecule has 8 heteroatoms. The molecule has 2 unspecified atom stereocenters. The first-order valence-electron chi connectivity index (χ1n) is 10.1. The topological polar surface area (TPSA) is 89.4 Å². The van der Waals surface area contributed by atoms with E-state index in [4.69, 9.17) is 4.74 Å². The van der Waals surface area contributed by atoms with Crippen LogP contribution in [0.15, 0.2) is 18.3 Å². The molecule has 156 valence electrons. The Labute approximate surface area is 170 Å². The van der Waals surface area contributed by atoms with Crippen LogP contribution in [0.2, 0.25) is 0 Å². The van der Waals surface area contributed by atoms with Crippen LogP contribution in [0.25, 0.3) is 11.0 Å². The van der Waals surface area contributed by atoms with E-state index in [2.05, 4.69) is 15.4 Å². The molecule has 2 fully saturated rings. The highest BCUT2D eigenvalue weighted by atomic mass is 16.6. The molecule has 2 aliphatic rings. The molecule has 1 aliphatic carbocycles. The minimum Gasteiger partial charge on any atom is -0.444 e. The van der Waals surface area contributed by atoms with Gasteiger partial charge in [0.25, 0.3) is 0 Å². The number of carbonyl (C=O) groups excluding carboxylic acids is 2. The van der Waals surface area contributed by atoms with Gasteiger partial charge in [-0.25, -0.2) is 9.78 Å². The predicted molar refractivity (Wildman–Crippen MR) is 108 cm³/mol. The van der Waals surface area contributed by atoms with Crippen molar-refractivity contribution in [1.29, 1.82) is 0 Å². The minimum atomic E-state index is -0.624. The van der Waals surface area contributed by atoms with E-state index in [1.165, 1.54) is 0 Å². The maximum absolute atomic E-state index is 13.0. The SMILES string of the molecule is Cn1nc(C(C)(C)NC(=O)C2C3CN(C(=O)OC(C)(C)C)CC32)c2cccnc21. The van der Waals surface area contributed by atoms with Crippen molar-refractivity contribution < 1.29 is 14.3 Å². The van der Waals surface area contributed by atoms with Gasteiger partial charge in [0, 0.05) is 37.6 Å². The summed E-state index contributed by atoms with van der Waals surface area (Å²) in [6, 6.07) is 3.85. The number of nitrogens with one attached hydrogen (secondary N) is 1. The molecule has 0 radical (unpaired) electrons. The highest BCUT2D eigenvalue weighted by Gasteiger charge is 2.61. The van der Waals surface area contributed by atoms with Crippen molar-refractivity contribution in [3.63, 3.8) is 0 Å². The van der Waals surface area contributed by atoms with Crippen molar-refractivity contribution in [2.75, 3.05) is 13.1 Å². The number of nitrogens with zero attached hydrogens (tertiary/aromatic N) is 4. The van der Waals surface area contributed by atoms with E-state index in [1.807, 2.05) is 53.8 Å². The van der Waals surface area contributed by atoms with Gasteiger partial charge in [0.15, 0.2) is 5.65 Å². The average molecular weight is 399 g/mol. The largest absolute Gasteiger partial charge is 0.444 e. The minimum absolute atomic E-state index is 0.0246. The number of likely N-dealkylation sites (tertiary alicyclic amines) is 1. The Morgan fingerprint density at radius 2 is 1.83 bits per heavy atom. The molecule has 0 bridgehead atoms. The summed E-state index contributed by atoms with van der Waals surface area (Å²) in [7, 11) is 1.85. The van der Waals surface area contributed by atoms with Crippen LogP contribution < -0.4 is 5.32 Å². The number of aromatic nitrogens is 3. The Bertz CT molecular complexity index is 962. The second-order valence-electron chi connectivity index (χ2n) is 9.70. The number of carbonyl (C=O) groups is 2. The van der Waals surface area contributed by atoms with Crippen LogP contribution in [0.4, 0.5) is 4.79 Å². The number of rotatable bonds is 3. The van der Waals surface area contributed by atoms with Crippen molar-refractivity contribution in [3.8, 4) is 0 Å². The van der Waals surface area contributed by atoms with Crippen LogP contribution in [-0.2, 0) is 22.1 Å². The van der Waals surface area contributed by atoms with Gasteiger partial charge in [0.1, 0.15) is 5.60 Å². The van der Waals surface area contributed by atoms with E-state index in [9.17, 15) is 9.59 Å². The number of hydrogen-bond acceptors (Lipinski definition) is 5. The van der Waals surface area contributed by atoms with Crippen molar-refractivity contribution in [2.45, 2.75) is 45.8 Å². The lowest BCUT2D eigenvalue weighted by Gasteiger charge is -2.27. The van der Waals surface area contributed by atoms with Crippen LogP contribution in [0.5, 0.6) is 0 Å². The Hall–Kier alpha value is -2.64. The van der Waals surface area contributed by atoms with Crippen LogP contribution >= 0.6 is 0 Å². The van der Waals surface area contributed by atoms with E-state index in [0.29, 0.717) is 13.1 Å². The van der Waals surface area contributed by atoms with Gasteiger partial charge in [-0.1, -0.05) is 0 Å². The summed E-state index contributed by atoms with van der Waals surface area (Å²) < 4.78 is 7.18. The Morgan fingerprint density at radius 1 is 1.17 bits per heavy atom. The van der Waals surface area contributed by atoms with E-state index in [0.717, 1.165) is 16.7 Å². The number of aryl methyl sites for hydroxylation is 1. The van der Waals surface area contributed by atoms with Crippen molar-refractivity contribution in [2.24, 2.45) is 24.8 Å². The summed E-state index contributed by atoms with van der Waals surface area (Å²) in [5.74, 6) is 0.388. The molecule has 0 spiro atoms. The number of hydrogen-bond donors (Lipinski definition) is 1. The highest BCUT2D eigenvalue weighted by Crippen LogP contribution is 2.52. The van der Waals surface area contributed by atoms with Crippen molar-refractivity contribution in [1.82, 2.24) is 25.0 Å². The quantitative estimate of drug-likeness (QED) is 0.856. The lowest BCUT2D eigenvalue weighted by Crippen LogP contribution is -2.44. The van der Waals surface area contributed by atoms with Gasteiger partial charge in [-0.3, -0.25) is 9.48 Å². The smallest absolute Gasteiger partial charge is 0.410 e. The number of piperidine rings is 1. The van der Waals surface area contributed by atoms with Gasteiger partial charge in [-0.05, 0) is 58.6 Å². The number of ether oxygens (including phenoxy) is 1. The zero-order chi connectivity index (χ0) is 21.1. The Morgan fingerprint density at radius 3 is 2.45 bits per heavy atom. The Kier molecular flexibility index (Phi) is 4.36. The molecule has 2 atom stereocenters. The summed E-state index contributed by atoms with van der Waals surface area (Å²) in [5.41, 5.74) is 0.463. The standard InChI is InChI=1S/C21H29N5O3/c1-20(2,3)29-19(28)26-10-13-14(11-26)15(13)18(27)23-21(4,5)16-12-8-7-9-22-17(12)25(6)24-16/h7-9,13-15H,10-11H2,1-6H3,(H,23,27). The van der Waals surface area contributed by atoms with Gasteiger partial charge in [0.05, 0.1) is 11.2 Å². The molecule has 0 aromatic carbocycles. The summed E-state index contributed by atoms with van der Waals surface area (Å²) >= 11 is 0. The molecule has 2 amide bonds. The van der Waals surface area contributed by atoms with Gasteiger partial charge < -0.3 is 15.0 Å². The summed E-state index contributed by atoms with van der Waals surface area (Å²) in [6.45, 7) is 10.7. The monoisotopic (exact) mass is 399 g/mol. The van der Waals surface area contributed by atoms with E-state index >= 15 is 0 Å². The van der Waals surface area contributed by atoms with Crippen LogP contribution in [0, 0.1) is 17.8 Å². The first-order chi connectivity index (χ1) is 13.5. The molecule has 1 aliphatic heterocycles. The zero-order valence-corrected chi connectivity index (χ0v) is 17.9. The molecule has 4 rings (SSSR count). The van der Waals surface area contributed by atoms with Gasteiger partial charge in [0.2, 0.25) is 5.91 Å². The maximum atomic E-state index is 13.0. The first-order valence-corrected chi connectivity index (χ1v) is 10.1. The van der Waals surface area contributed by atoms with Crippen molar-refractivity contribution >= 4 is 23.0 Å². The fourth-order valence-electron chi connectivity index (χ4n) is 4.39. The number of pyridine rings is 1. The normalized spacial score (nSPS) is 23.8. The second kappa shape index (κ2) is 6.43. The third-order valence-electron chi connectivity index (χ3n) is 5.77. The molecular formula is C21H29N5O3. The lowest BCUT2D eigenvalue weighted by molar-refractivity contribution is -0.125. The second-order valence-corrected chi connectivity index (χ2v) is 9.70. The van der Waals surface area contributed by atoms with Gasteiger partial charge in [-0.2, -0.15) is 5.10 Å². The first kappa shape index (κ1) is 19.7. The van der Waals surface area contributed by atoms with E-state index < -0.39 is 11.1 Å². The van der Waals surface area contributed by atoms with Crippen LogP contribution in [0.1, 0.15) is 40.3 Å². The highest BCUT2D eigenvalue weighted by molar-refractivity contribution is 5.85. The number of fused-ring (bicyclic) bond motifs is 2. The average Bonchev–Trinajstić information content (AvgIpc) is 2.95. The fourth-order valence-corrected chi connectivity index (χ4v) is 4.39. The molecule has 2 aromatic heterocycles. The fraction of sp³-hybridized carbons (Fsp3) is 0.619. The third kappa shape index (κ3) is 3.56. The molecule has 1 saturated carbocycles. The molecular weight excluding hydrogens is 370 g/mol. The van der Waals surface area contributed by atoms with Gasteiger partial charge in [-0.15, -0.1) is 0 Å². The summed E-state index contributed by atoms with van der Waals surface area (Å²) in [4.78, 5) is 31.3. The van der Waals surface area contributed by atoms with Crippen molar-refractivity contribution in [3.05, 3.63) is 24.0 Å². The van der Waals surface area contributed by atoms with Gasteiger partial charge >= 0.3 is 6.09 Å². The summed E-state index contributed by atoms with van der Waals surface area (Å²) in [5, 5.41) is 8.72. The van der Waals surface area contributed by atoms with Crippen LogP contribution in [0.3, 0.4) is 0 Å². The molecule has 8 nitrogen and oxygen atoms in total. The third-order valence-corrected chi connectivity index (χ3v) is 5.77. The molecule has 2 aromatic rings. The maximum Gasteiger partial charge on any atom is 0.410 e. The molecule has 1 N–H and O–H groups in total. The van der Waals surface area contributed by atoms with Crippen LogP contribution in [-0.4, -0.2) is 50.4 Å². The molecule has 3 heterocycles. The predicted octanol–water partition coefficient (Wildman–Crippen LogP) is 2.43. The zero-order valence-electron chi connectivity index (χ0n) is 17.9. The summed E-state index contributed by atoms with van der Waals surface area (Å²) in [6.07, 6.45) is 1.44. The lowest BCUT2D eigenvalue weighted by atomic mass is 9.97. The Balaban J connectivity index is 1.41. The molecule has 29 heavy (non-hydrogen) atoms. The number of amides is 2.